The molecule has 0 radical (unpaired) electrons. The van der Waals surface area contributed by atoms with Crippen LogP contribution in [0.1, 0.15) is 42.1 Å². The first-order chi connectivity index (χ1) is 10.7. The number of carbonyl (C=O) groups excluding carboxylic acids is 1. The van der Waals surface area contributed by atoms with Crippen molar-refractivity contribution in [3.8, 4) is 11.5 Å². The lowest BCUT2D eigenvalue weighted by Crippen LogP contribution is -2.10. The highest BCUT2D eigenvalue weighted by atomic mass is 16.5. The zero-order valence-corrected chi connectivity index (χ0v) is 13.1. The monoisotopic (exact) mass is 298 g/mol. The largest absolute Gasteiger partial charge is 0.490 e. The second kappa shape index (κ2) is 8.23. The van der Waals surface area contributed by atoms with Crippen molar-refractivity contribution in [2.75, 3.05) is 13.2 Å². The maximum Gasteiger partial charge on any atom is 0.153 e. The van der Waals surface area contributed by atoms with Crippen molar-refractivity contribution < 1.29 is 14.3 Å². The van der Waals surface area contributed by atoms with E-state index in [1.165, 1.54) is 5.56 Å². The number of rotatable bonds is 8. The minimum absolute atomic E-state index is 0.401. The highest BCUT2D eigenvalue weighted by molar-refractivity contribution is 5.79. The average Bonchev–Trinajstić information content (AvgIpc) is 2.59. The lowest BCUT2D eigenvalue weighted by molar-refractivity contribution is 0.111. The van der Waals surface area contributed by atoms with E-state index in [9.17, 15) is 4.79 Å². The average molecular weight is 298 g/mol. The van der Waals surface area contributed by atoms with Gasteiger partial charge in [0.05, 0.1) is 5.56 Å². The number of ether oxygens (including phenoxy) is 2. The second-order valence-electron chi connectivity index (χ2n) is 5.23. The molecule has 0 aromatic heterocycles. The van der Waals surface area contributed by atoms with Crippen LogP contribution in [0.25, 0.3) is 0 Å². The number of hydrogen-bond acceptors (Lipinski definition) is 3. The summed E-state index contributed by atoms with van der Waals surface area (Å²) < 4.78 is 11.2. The Morgan fingerprint density at radius 3 is 2.36 bits per heavy atom. The summed E-state index contributed by atoms with van der Waals surface area (Å²) >= 11 is 0. The molecule has 0 aliphatic rings. The van der Waals surface area contributed by atoms with Gasteiger partial charge >= 0.3 is 0 Å². The second-order valence-corrected chi connectivity index (χ2v) is 5.23. The molecule has 3 heteroatoms. The Balaban J connectivity index is 1.80. The zero-order chi connectivity index (χ0) is 15.8. The quantitative estimate of drug-likeness (QED) is 0.533. The third kappa shape index (κ3) is 4.35. The van der Waals surface area contributed by atoms with E-state index >= 15 is 0 Å². The first kappa shape index (κ1) is 16.1. The van der Waals surface area contributed by atoms with Gasteiger partial charge in [-0.25, -0.2) is 0 Å². The van der Waals surface area contributed by atoms with Gasteiger partial charge in [-0.2, -0.15) is 0 Å². The molecule has 22 heavy (non-hydrogen) atoms. The summed E-state index contributed by atoms with van der Waals surface area (Å²) in [6.45, 7) is 5.24. The summed E-state index contributed by atoms with van der Waals surface area (Å²) in [6, 6.07) is 15.4. The van der Waals surface area contributed by atoms with Crippen molar-refractivity contribution in [2.45, 2.75) is 26.2 Å². The minimum Gasteiger partial charge on any atom is -0.490 e. The van der Waals surface area contributed by atoms with Crippen LogP contribution in [-0.4, -0.2) is 19.5 Å². The van der Waals surface area contributed by atoms with Crippen LogP contribution in [0.15, 0.2) is 48.5 Å². The Hall–Kier alpha value is -2.29. The number of benzene rings is 2. The molecule has 1 atom stereocenters. The molecule has 2 aromatic carbocycles. The van der Waals surface area contributed by atoms with Crippen LogP contribution in [0.4, 0.5) is 0 Å². The molecule has 0 unspecified atom stereocenters. The molecule has 2 aromatic rings. The van der Waals surface area contributed by atoms with Gasteiger partial charge in [0.25, 0.3) is 0 Å². The molecular formula is C19H22O3. The zero-order valence-electron chi connectivity index (χ0n) is 13.1. The van der Waals surface area contributed by atoms with Crippen molar-refractivity contribution in [1.29, 1.82) is 0 Å². The molecule has 0 fully saturated rings. The lowest BCUT2D eigenvalue weighted by Gasteiger charge is -2.12. The van der Waals surface area contributed by atoms with E-state index in [-0.39, 0.29) is 0 Å². The third-order valence-corrected chi connectivity index (χ3v) is 3.72. The van der Waals surface area contributed by atoms with Crippen molar-refractivity contribution in [3.63, 3.8) is 0 Å². The normalized spacial score (nSPS) is 11.7. The predicted molar refractivity (Wildman–Crippen MR) is 88.0 cm³/mol. The topological polar surface area (TPSA) is 35.5 Å². The van der Waals surface area contributed by atoms with Gasteiger partial charge in [0.2, 0.25) is 0 Å². The van der Waals surface area contributed by atoms with Gasteiger partial charge < -0.3 is 9.47 Å². The van der Waals surface area contributed by atoms with E-state index in [0.29, 0.717) is 30.4 Å². The number of hydrogen-bond donors (Lipinski definition) is 0. The fourth-order valence-electron chi connectivity index (χ4n) is 2.15. The van der Waals surface area contributed by atoms with Crippen LogP contribution in [0.5, 0.6) is 11.5 Å². The molecular weight excluding hydrogens is 276 g/mol. The first-order valence-electron chi connectivity index (χ1n) is 7.64. The molecule has 0 N–H and O–H groups in total. The maximum absolute atomic E-state index is 10.9. The summed E-state index contributed by atoms with van der Waals surface area (Å²) in [6.07, 6.45) is 1.92. The van der Waals surface area contributed by atoms with Crippen LogP contribution in [-0.2, 0) is 0 Å². The molecule has 116 valence electrons. The Morgan fingerprint density at radius 2 is 1.68 bits per heavy atom. The number of aldehydes is 1. The van der Waals surface area contributed by atoms with Crippen molar-refractivity contribution in [2.24, 2.45) is 0 Å². The Labute approximate surface area is 131 Å². The summed E-state index contributed by atoms with van der Waals surface area (Å²) in [5.74, 6) is 1.99. The third-order valence-electron chi connectivity index (χ3n) is 3.72. The molecule has 0 bridgehead atoms. The van der Waals surface area contributed by atoms with Crippen molar-refractivity contribution >= 4 is 6.29 Å². The van der Waals surface area contributed by atoms with Gasteiger partial charge in [-0.3, -0.25) is 4.79 Å². The van der Waals surface area contributed by atoms with Crippen LogP contribution < -0.4 is 9.47 Å². The smallest absolute Gasteiger partial charge is 0.153 e. The van der Waals surface area contributed by atoms with E-state index in [2.05, 4.69) is 26.0 Å². The van der Waals surface area contributed by atoms with E-state index in [0.717, 1.165) is 18.5 Å². The van der Waals surface area contributed by atoms with Gasteiger partial charge in [-0.15, -0.1) is 0 Å². The van der Waals surface area contributed by atoms with Gasteiger partial charge in [0.15, 0.2) is 6.29 Å². The molecule has 0 spiro atoms. The molecule has 3 nitrogen and oxygen atoms in total. The summed E-state index contributed by atoms with van der Waals surface area (Å²) in [5, 5.41) is 0. The maximum atomic E-state index is 10.9. The van der Waals surface area contributed by atoms with E-state index in [4.69, 9.17) is 9.47 Å². The van der Waals surface area contributed by atoms with E-state index in [1.54, 1.807) is 12.1 Å². The standard InChI is InChI=1S/C19H22O3/c1-3-15(2)16-8-10-18(11-9-16)21-12-13-22-19-7-5-4-6-17(19)14-20/h4-11,14-15H,3,12-13H2,1-2H3/t15-/m0/s1. The molecule has 0 aliphatic carbocycles. The minimum atomic E-state index is 0.401. The van der Waals surface area contributed by atoms with Crippen molar-refractivity contribution in [1.82, 2.24) is 0 Å². The predicted octanol–water partition coefficient (Wildman–Crippen LogP) is 4.47. The fourth-order valence-corrected chi connectivity index (χ4v) is 2.15. The molecule has 0 amide bonds. The number of para-hydroxylation sites is 1. The highest BCUT2D eigenvalue weighted by Crippen LogP contribution is 2.21. The molecule has 0 heterocycles. The Morgan fingerprint density at radius 1 is 1.00 bits per heavy atom. The number of carbonyl (C=O) groups is 1. The van der Waals surface area contributed by atoms with Crippen LogP contribution >= 0.6 is 0 Å². The molecule has 0 saturated heterocycles. The van der Waals surface area contributed by atoms with Gasteiger partial charge in [-0.1, -0.05) is 38.1 Å². The summed E-state index contributed by atoms with van der Waals surface area (Å²) in [4.78, 5) is 10.9. The van der Waals surface area contributed by atoms with Crippen molar-refractivity contribution in [3.05, 3.63) is 59.7 Å². The van der Waals surface area contributed by atoms with Gasteiger partial charge in [-0.05, 0) is 42.2 Å². The SMILES string of the molecule is CC[C@H](C)c1ccc(OCCOc2ccccc2C=O)cc1. The first-order valence-corrected chi connectivity index (χ1v) is 7.64. The van der Waals surface area contributed by atoms with Gasteiger partial charge in [0, 0.05) is 0 Å². The van der Waals surface area contributed by atoms with Crippen LogP contribution in [0.3, 0.4) is 0 Å². The summed E-state index contributed by atoms with van der Waals surface area (Å²) in [5.41, 5.74) is 1.88. The highest BCUT2D eigenvalue weighted by Gasteiger charge is 2.04. The van der Waals surface area contributed by atoms with Crippen LogP contribution in [0.2, 0.25) is 0 Å². The Bertz CT molecular complexity index is 590. The van der Waals surface area contributed by atoms with E-state index in [1.807, 2.05) is 24.3 Å². The molecule has 0 saturated carbocycles. The molecule has 2 rings (SSSR count). The van der Waals surface area contributed by atoms with E-state index < -0.39 is 0 Å². The molecule has 0 aliphatic heterocycles. The van der Waals surface area contributed by atoms with Gasteiger partial charge in [0.1, 0.15) is 24.7 Å². The lowest BCUT2D eigenvalue weighted by atomic mass is 9.99. The Kier molecular flexibility index (Phi) is 6.01. The fraction of sp³-hybridized carbons (Fsp3) is 0.316. The van der Waals surface area contributed by atoms with Crippen LogP contribution in [0, 0.1) is 0 Å². The summed E-state index contributed by atoms with van der Waals surface area (Å²) in [7, 11) is 0.